The number of fused-ring (bicyclic) bond motifs is 1. The molecule has 3 aromatic rings. The smallest absolute Gasteiger partial charge is 0.324 e. The Morgan fingerprint density at radius 2 is 1.91 bits per heavy atom. The number of aromatic nitrogens is 2. The van der Waals surface area contributed by atoms with Crippen LogP contribution in [0.25, 0.3) is 0 Å². The number of nitrogens with zero attached hydrogens (tertiary/aromatic N) is 4. The predicted octanol–water partition coefficient (Wildman–Crippen LogP) is 5.11. The van der Waals surface area contributed by atoms with Crippen molar-refractivity contribution in [2.24, 2.45) is 0 Å². The van der Waals surface area contributed by atoms with E-state index in [4.69, 9.17) is 4.84 Å². The molecule has 1 N–H and O–H groups in total. The van der Waals surface area contributed by atoms with Crippen LogP contribution in [0.1, 0.15) is 34.7 Å². The van der Waals surface area contributed by atoms with Crippen molar-refractivity contribution in [3.8, 4) is 0 Å². The highest BCUT2D eigenvalue weighted by Gasteiger charge is 2.40. The number of hydroxylamine groups is 1. The summed E-state index contributed by atoms with van der Waals surface area (Å²) in [4.78, 5) is 16.1. The fourth-order valence-electron chi connectivity index (χ4n) is 4.36. The molecule has 6 nitrogen and oxygen atoms in total. The van der Waals surface area contributed by atoms with E-state index in [-0.39, 0.29) is 17.8 Å². The third-order valence-corrected chi connectivity index (χ3v) is 6.04. The predicted molar refractivity (Wildman–Crippen MR) is 119 cm³/mol. The number of anilines is 3. The molecule has 0 radical (unpaired) electrons. The summed E-state index contributed by atoms with van der Waals surface area (Å²) in [5, 5.41) is 4.35. The molecule has 2 aliphatic rings. The fourth-order valence-corrected chi connectivity index (χ4v) is 4.36. The molecule has 0 spiro atoms. The van der Waals surface area contributed by atoms with E-state index < -0.39 is 11.7 Å². The van der Waals surface area contributed by atoms with Gasteiger partial charge in [-0.05, 0) is 42.3 Å². The van der Waals surface area contributed by atoms with E-state index >= 15 is 0 Å². The molecular weight excluding hydrogens is 431 g/mol. The van der Waals surface area contributed by atoms with Gasteiger partial charge in [0.1, 0.15) is 5.56 Å². The summed E-state index contributed by atoms with van der Waals surface area (Å²) in [7, 11) is 2.06. The van der Waals surface area contributed by atoms with E-state index in [9.17, 15) is 13.2 Å². The van der Waals surface area contributed by atoms with Crippen molar-refractivity contribution >= 4 is 17.5 Å². The molecule has 1 atom stereocenters. The highest BCUT2D eigenvalue weighted by molar-refractivity contribution is 5.59. The van der Waals surface area contributed by atoms with Crippen LogP contribution in [0.2, 0.25) is 0 Å². The van der Waals surface area contributed by atoms with E-state index in [1.807, 2.05) is 48.5 Å². The van der Waals surface area contributed by atoms with Crippen LogP contribution in [0.4, 0.5) is 30.6 Å². The second kappa shape index (κ2) is 8.64. The first kappa shape index (κ1) is 21.7. The van der Waals surface area contributed by atoms with Gasteiger partial charge >= 0.3 is 6.18 Å². The number of nitrogens with one attached hydrogen (secondary N) is 1. The van der Waals surface area contributed by atoms with Gasteiger partial charge in [0.25, 0.3) is 0 Å². The van der Waals surface area contributed by atoms with Gasteiger partial charge in [-0.15, -0.1) is 0 Å². The minimum atomic E-state index is -4.61. The molecule has 1 fully saturated rings. The minimum Gasteiger partial charge on any atom is -0.324 e. The summed E-state index contributed by atoms with van der Waals surface area (Å²) < 4.78 is 41.5. The molecule has 0 amide bonds. The number of hydrogen-bond acceptors (Lipinski definition) is 6. The van der Waals surface area contributed by atoms with Gasteiger partial charge in [-0.3, -0.25) is 4.84 Å². The van der Waals surface area contributed by atoms with Crippen LogP contribution in [0.15, 0.2) is 54.7 Å². The summed E-state index contributed by atoms with van der Waals surface area (Å²) in [6.07, 6.45) is -2.26. The molecule has 3 heterocycles. The second-order valence-electron chi connectivity index (χ2n) is 8.40. The van der Waals surface area contributed by atoms with E-state index in [0.29, 0.717) is 13.0 Å². The summed E-state index contributed by atoms with van der Waals surface area (Å²) in [5.74, 6) is -0.200. The largest absolute Gasteiger partial charge is 0.421 e. The molecule has 9 heteroatoms. The van der Waals surface area contributed by atoms with Crippen molar-refractivity contribution < 1.29 is 18.0 Å². The Morgan fingerprint density at radius 1 is 1.09 bits per heavy atom. The molecule has 2 aromatic carbocycles. The lowest BCUT2D eigenvalue weighted by atomic mass is 9.99. The Bertz CT molecular complexity index is 1140. The summed E-state index contributed by atoms with van der Waals surface area (Å²) in [6, 6.07) is 14.9. The Labute approximate surface area is 190 Å². The summed E-state index contributed by atoms with van der Waals surface area (Å²) in [6.45, 7) is 2.13. The summed E-state index contributed by atoms with van der Waals surface area (Å²) >= 11 is 0. The van der Waals surface area contributed by atoms with E-state index in [2.05, 4.69) is 27.2 Å². The van der Waals surface area contributed by atoms with Crippen LogP contribution < -0.4 is 10.4 Å². The number of rotatable bonds is 4. The first-order valence-corrected chi connectivity index (χ1v) is 10.9. The van der Waals surface area contributed by atoms with Crippen molar-refractivity contribution in [2.75, 3.05) is 30.6 Å². The van der Waals surface area contributed by atoms with E-state index in [1.165, 1.54) is 16.2 Å². The quantitative estimate of drug-likeness (QED) is 0.590. The molecule has 2 aliphatic heterocycles. The van der Waals surface area contributed by atoms with Gasteiger partial charge in [0.15, 0.2) is 5.82 Å². The van der Waals surface area contributed by atoms with Crippen LogP contribution in [-0.4, -0.2) is 35.1 Å². The molecule has 0 saturated carbocycles. The van der Waals surface area contributed by atoms with Crippen LogP contribution >= 0.6 is 0 Å². The first-order valence-electron chi connectivity index (χ1n) is 10.9. The Kier molecular flexibility index (Phi) is 5.67. The molecule has 33 heavy (non-hydrogen) atoms. The number of halogens is 3. The third-order valence-electron chi connectivity index (χ3n) is 6.04. The standard InChI is InChI=1S/C24H24F3N5O/c1-31-11-9-16-7-8-19(13-18(16)15-31)29-23-28-14-20(24(25,26)27)22(30-23)32-21(10-12-33-32)17-5-3-2-4-6-17/h2-8,13-14,21H,9-12,15H2,1H3,(H,28,29,30)/t21-/m0/s1. The lowest BCUT2D eigenvalue weighted by Crippen LogP contribution is -2.26. The van der Waals surface area contributed by atoms with Gasteiger partial charge < -0.3 is 10.2 Å². The Hall–Kier alpha value is -3.17. The Morgan fingerprint density at radius 3 is 2.70 bits per heavy atom. The maximum absolute atomic E-state index is 13.8. The second-order valence-corrected chi connectivity index (χ2v) is 8.40. The minimum absolute atomic E-state index is 0.0874. The number of likely N-dealkylation sites (N-methyl/N-ethyl adjacent to an activating group) is 1. The molecule has 0 aliphatic carbocycles. The monoisotopic (exact) mass is 455 g/mol. The van der Waals surface area contributed by atoms with Crippen molar-refractivity contribution in [3.63, 3.8) is 0 Å². The molecule has 0 bridgehead atoms. The van der Waals surface area contributed by atoms with Gasteiger partial charge in [-0.2, -0.15) is 18.2 Å². The topological polar surface area (TPSA) is 53.5 Å². The average molecular weight is 455 g/mol. The third kappa shape index (κ3) is 4.51. The maximum atomic E-state index is 13.8. The molecule has 0 unspecified atom stereocenters. The van der Waals surface area contributed by atoms with Crippen LogP contribution in [-0.2, 0) is 24.0 Å². The van der Waals surface area contributed by atoms with Crippen molar-refractivity contribution in [1.29, 1.82) is 0 Å². The zero-order chi connectivity index (χ0) is 23.0. The van der Waals surface area contributed by atoms with Gasteiger partial charge in [-0.25, -0.2) is 10.0 Å². The van der Waals surface area contributed by atoms with Crippen LogP contribution in [0.3, 0.4) is 0 Å². The Balaban J connectivity index is 1.48. The number of alkyl halides is 3. The van der Waals surface area contributed by atoms with Gasteiger partial charge in [0.05, 0.1) is 12.6 Å². The normalized spacial score (nSPS) is 18.9. The van der Waals surface area contributed by atoms with Gasteiger partial charge in [0, 0.05) is 31.4 Å². The SMILES string of the molecule is CN1CCc2ccc(Nc3ncc(C(F)(F)F)c(N4OCC[C@H]4c4ccccc4)n3)cc2C1. The highest BCUT2D eigenvalue weighted by atomic mass is 19.4. The van der Waals surface area contributed by atoms with Crippen molar-refractivity contribution in [3.05, 3.63) is 77.0 Å². The molecular formula is C24H24F3N5O. The van der Waals surface area contributed by atoms with Crippen molar-refractivity contribution in [1.82, 2.24) is 14.9 Å². The first-order chi connectivity index (χ1) is 15.9. The van der Waals surface area contributed by atoms with Crippen LogP contribution in [0.5, 0.6) is 0 Å². The number of hydrogen-bond donors (Lipinski definition) is 1. The fraction of sp³-hybridized carbons (Fsp3) is 0.333. The van der Waals surface area contributed by atoms with Gasteiger partial charge in [0.2, 0.25) is 5.95 Å². The lowest BCUT2D eigenvalue weighted by Gasteiger charge is -2.27. The molecule has 5 rings (SSSR count). The number of benzene rings is 2. The highest BCUT2D eigenvalue weighted by Crippen LogP contribution is 2.41. The summed E-state index contributed by atoms with van der Waals surface area (Å²) in [5.41, 5.74) is 3.14. The zero-order valence-corrected chi connectivity index (χ0v) is 18.1. The average Bonchev–Trinajstić information content (AvgIpc) is 3.28. The lowest BCUT2D eigenvalue weighted by molar-refractivity contribution is -0.138. The van der Waals surface area contributed by atoms with Crippen LogP contribution in [0, 0.1) is 0 Å². The van der Waals surface area contributed by atoms with Gasteiger partial charge in [-0.1, -0.05) is 36.4 Å². The maximum Gasteiger partial charge on any atom is 0.421 e. The molecule has 1 aromatic heterocycles. The molecule has 172 valence electrons. The van der Waals surface area contributed by atoms with Crippen molar-refractivity contribution in [2.45, 2.75) is 31.6 Å². The zero-order valence-electron chi connectivity index (χ0n) is 18.1. The van der Waals surface area contributed by atoms with E-state index in [1.54, 1.807) is 0 Å². The van der Waals surface area contributed by atoms with E-state index in [0.717, 1.165) is 37.0 Å². The molecule has 1 saturated heterocycles.